The third kappa shape index (κ3) is 3.22. The average Bonchev–Trinajstić information content (AvgIpc) is 2.80. The summed E-state index contributed by atoms with van der Waals surface area (Å²) in [5.74, 6) is 0.168. The molecule has 1 aromatic carbocycles. The first-order chi connectivity index (χ1) is 11.6. The van der Waals surface area contributed by atoms with Crippen LogP contribution in [0.2, 0.25) is 0 Å². The fourth-order valence-electron chi connectivity index (χ4n) is 3.31. The van der Waals surface area contributed by atoms with Crippen molar-refractivity contribution in [2.24, 2.45) is 5.92 Å². The Morgan fingerprint density at radius 3 is 2.71 bits per heavy atom. The first kappa shape index (κ1) is 16.7. The summed E-state index contributed by atoms with van der Waals surface area (Å²) in [4.78, 5) is 26.4. The number of hydroxylamine groups is 1. The van der Waals surface area contributed by atoms with E-state index in [0.717, 1.165) is 18.4 Å². The Kier molecular flexibility index (Phi) is 5.01. The number of fused-ring (bicyclic) bond motifs is 1. The van der Waals surface area contributed by atoms with Crippen LogP contribution in [0.1, 0.15) is 41.7 Å². The van der Waals surface area contributed by atoms with E-state index in [0.29, 0.717) is 37.7 Å². The molecule has 0 unspecified atom stereocenters. The summed E-state index contributed by atoms with van der Waals surface area (Å²) in [5, 5.41) is 8.82. The molecule has 7 heteroatoms. The van der Waals surface area contributed by atoms with Crippen LogP contribution in [-0.2, 0) is 9.53 Å². The maximum atomic E-state index is 12.9. The Labute approximate surface area is 140 Å². The molecule has 1 atom stereocenters. The highest BCUT2D eigenvalue weighted by atomic mass is 16.5. The Hall–Kier alpha value is -2.12. The zero-order valence-electron chi connectivity index (χ0n) is 13.7. The van der Waals surface area contributed by atoms with E-state index in [9.17, 15) is 9.59 Å². The fourth-order valence-corrected chi connectivity index (χ4v) is 3.31. The SMILES string of the molecule is C[C@H]1c2cc(C(=O)NO)ccc2OCCN1C(=O)C1CCOCC1. The molecular weight excluding hydrogens is 312 g/mol. The highest BCUT2D eigenvalue weighted by Crippen LogP contribution is 2.34. The quantitative estimate of drug-likeness (QED) is 0.632. The van der Waals surface area contributed by atoms with E-state index in [1.807, 2.05) is 11.8 Å². The Morgan fingerprint density at radius 2 is 2.00 bits per heavy atom. The van der Waals surface area contributed by atoms with Crippen molar-refractivity contribution < 1.29 is 24.3 Å². The molecule has 0 radical (unpaired) electrons. The van der Waals surface area contributed by atoms with Gasteiger partial charge in [-0.15, -0.1) is 0 Å². The monoisotopic (exact) mass is 334 g/mol. The minimum atomic E-state index is -0.587. The van der Waals surface area contributed by atoms with Crippen LogP contribution in [0, 0.1) is 5.92 Å². The molecule has 1 saturated heterocycles. The number of hydrogen-bond donors (Lipinski definition) is 2. The van der Waals surface area contributed by atoms with Crippen molar-refractivity contribution in [3.63, 3.8) is 0 Å². The van der Waals surface area contributed by atoms with Crippen LogP contribution in [0.25, 0.3) is 0 Å². The highest BCUT2D eigenvalue weighted by Gasteiger charge is 2.32. The molecule has 0 bridgehead atoms. The molecule has 24 heavy (non-hydrogen) atoms. The van der Waals surface area contributed by atoms with Crippen molar-refractivity contribution in [2.75, 3.05) is 26.4 Å². The number of carbonyl (C=O) groups is 2. The van der Waals surface area contributed by atoms with Crippen LogP contribution in [0.3, 0.4) is 0 Å². The zero-order chi connectivity index (χ0) is 17.1. The average molecular weight is 334 g/mol. The van der Waals surface area contributed by atoms with Gasteiger partial charge in [0.2, 0.25) is 5.91 Å². The Morgan fingerprint density at radius 1 is 1.25 bits per heavy atom. The molecule has 0 aromatic heterocycles. The standard InChI is InChI=1S/C17H22N2O5/c1-11-14-10-13(16(20)18-22)2-3-15(14)24-9-6-19(11)17(21)12-4-7-23-8-5-12/h2-3,10-12,22H,4-9H2,1H3,(H,18,20)/t11-/m0/s1. The third-order valence-corrected chi connectivity index (χ3v) is 4.73. The molecule has 0 saturated carbocycles. The molecule has 7 nitrogen and oxygen atoms in total. The Bertz CT molecular complexity index is 627. The first-order valence-corrected chi connectivity index (χ1v) is 8.21. The fraction of sp³-hybridized carbons (Fsp3) is 0.529. The van der Waals surface area contributed by atoms with E-state index in [1.54, 1.807) is 23.7 Å². The smallest absolute Gasteiger partial charge is 0.274 e. The lowest BCUT2D eigenvalue weighted by atomic mass is 9.96. The van der Waals surface area contributed by atoms with Gasteiger partial charge in [-0.05, 0) is 38.0 Å². The molecule has 0 aliphatic carbocycles. The summed E-state index contributed by atoms with van der Waals surface area (Å²) in [6, 6.07) is 4.76. The maximum absolute atomic E-state index is 12.9. The molecule has 2 aliphatic heterocycles. The van der Waals surface area contributed by atoms with Crippen LogP contribution < -0.4 is 10.2 Å². The molecular formula is C17H22N2O5. The number of amides is 2. The largest absolute Gasteiger partial charge is 0.491 e. The van der Waals surface area contributed by atoms with Crippen LogP contribution in [0.4, 0.5) is 0 Å². The minimum Gasteiger partial charge on any atom is -0.491 e. The Balaban J connectivity index is 1.87. The van der Waals surface area contributed by atoms with Gasteiger partial charge in [-0.2, -0.15) is 0 Å². The van der Waals surface area contributed by atoms with Gasteiger partial charge in [0.05, 0.1) is 12.6 Å². The van der Waals surface area contributed by atoms with Gasteiger partial charge in [-0.25, -0.2) is 5.48 Å². The lowest BCUT2D eigenvalue weighted by molar-refractivity contribution is -0.140. The lowest BCUT2D eigenvalue weighted by Crippen LogP contribution is -2.41. The summed E-state index contributed by atoms with van der Waals surface area (Å²) >= 11 is 0. The molecule has 130 valence electrons. The van der Waals surface area contributed by atoms with Crippen molar-refractivity contribution in [2.45, 2.75) is 25.8 Å². The van der Waals surface area contributed by atoms with E-state index in [2.05, 4.69) is 0 Å². The van der Waals surface area contributed by atoms with Gasteiger partial charge >= 0.3 is 0 Å². The summed E-state index contributed by atoms with van der Waals surface area (Å²) in [5.41, 5.74) is 2.73. The van der Waals surface area contributed by atoms with Crippen molar-refractivity contribution in [1.82, 2.24) is 10.4 Å². The third-order valence-electron chi connectivity index (χ3n) is 4.73. The number of carbonyl (C=O) groups excluding carboxylic acids is 2. The van der Waals surface area contributed by atoms with Crippen LogP contribution >= 0.6 is 0 Å². The van der Waals surface area contributed by atoms with Crippen LogP contribution in [0.15, 0.2) is 18.2 Å². The van der Waals surface area contributed by atoms with Gasteiger partial charge in [0.25, 0.3) is 5.91 Å². The van der Waals surface area contributed by atoms with Crippen LogP contribution in [0.5, 0.6) is 5.75 Å². The van der Waals surface area contributed by atoms with Gasteiger partial charge in [-0.1, -0.05) is 0 Å². The molecule has 2 N–H and O–H groups in total. The second-order valence-electron chi connectivity index (χ2n) is 6.14. The minimum absolute atomic E-state index is 0.0216. The summed E-state index contributed by atoms with van der Waals surface area (Å²) in [6.45, 7) is 4.09. The molecule has 3 rings (SSSR count). The molecule has 1 fully saturated rings. The number of benzene rings is 1. The van der Waals surface area contributed by atoms with E-state index in [-0.39, 0.29) is 17.9 Å². The number of nitrogens with zero attached hydrogens (tertiary/aromatic N) is 1. The zero-order valence-corrected chi connectivity index (χ0v) is 13.7. The van der Waals surface area contributed by atoms with Crippen molar-refractivity contribution in [3.05, 3.63) is 29.3 Å². The van der Waals surface area contributed by atoms with Crippen molar-refractivity contribution >= 4 is 11.8 Å². The number of nitrogens with one attached hydrogen (secondary N) is 1. The normalized spacial score (nSPS) is 21.4. The predicted molar refractivity (Wildman–Crippen MR) is 84.9 cm³/mol. The molecule has 1 aromatic rings. The lowest BCUT2D eigenvalue weighted by Gasteiger charge is -2.32. The summed E-state index contributed by atoms with van der Waals surface area (Å²) < 4.78 is 11.1. The molecule has 0 spiro atoms. The van der Waals surface area contributed by atoms with Gasteiger partial charge in [0.15, 0.2) is 0 Å². The van der Waals surface area contributed by atoms with Gasteiger partial charge in [0, 0.05) is 30.3 Å². The molecule has 2 heterocycles. The summed E-state index contributed by atoms with van der Waals surface area (Å²) in [7, 11) is 0. The molecule has 2 amide bonds. The number of hydrogen-bond acceptors (Lipinski definition) is 5. The van der Waals surface area contributed by atoms with Gasteiger partial charge in [-0.3, -0.25) is 14.8 Å². The maximum Gasteiger partial charge on any atom is 0.274 e. The van der Waals surface area contributed by atoms with E-state index in [4.69, 9.17) is 14.7 Å². The van der Waals surface area contributed by atoms with E-state index in [1.165, 1.54) is 0 Å². The van der Waals surface area contributed by atoms with Gasteiger partial charge < -0.3 is 14.4 Å². The van der Waals surface area contributed by atoms with Crippen molar-refractivity contribution in [3.8, 4) is 5.75 Å². The summed E-state index contributed by atoms with van der Waals surface area (Å²) in [6.07, 6.45) is 1.48. The van der Waals surface area contributed by atoms with E-state index < -0.39 is 5.91 Å². The van der Waals surface area contributed by atoms with Gasteiger partial charge in [0.1, 0.15) is 12.4 Å². The van der Waals surface area contributed by atoms with Crippen molar-refractivity contribution in [1.29, 1.82) is 0 Å². The number of rotatable bonds is 2. The highest BCUT2D eigenvalue weighted by molar-refractivity contribution is 5.93. The predicted octanol–water partition coefficient (Wildman–Crippen LogP) is 1.51. The molecule has 2 aliphatic rings. The number of ether oxygens (including phenoxy) is 2. The van der Waals surface area contributed by atoms with Crippen LogP contribution in [-0.4, -0.2) is 48.3 Å². The topological polar surface area (TPSA) is 88.1 Å². The second-order valence-corrected chi connectivity index (χ2v) is 6.14. The second kappa shape index (κ2) is 7.19. The first-order valence-electron chi connectivity index (χ1n) is 8.21. The van der Waals surface area contributed by atoms with E-state index >= 15 is 0 Å².